The van der Waals surface area contributed by atoms with Crippen LogP contribution in [0.15, 0.2) is 50.8 Å². The number of thioether (sulfide) groups is 1. The Hall–Kier alpha value is -2.45. The normalized spacial score (nSPS) is 16.6. The maximum Gasteiger partial charge on any atom is 0.266 e. The first kappa shape index (κ1) is 21.3. The van der Waals surface area contributed by atoms with E-state index in [1.807, 2.05) is 49.4 Å². The molecule has 0 spiro atoms. The van der Waals surface area contributed by atoms with Crippen molar-refractivity contribution in [2.75, 3.05) is 27.9 Å². The van der Waals surface area contributed by atoms with Crippen molar-refractivity contribution >= 4 is 50.5 Å². The topological polar surface area (TPSA) is 60.4 Å². The highest BCUT2D eigenvalue weighted by Crippen LogP contribution is 2.38. The molecular formula is C21H21BrN2O4S. The van der Waals surface area contributed by atoms with Crippen molar-refractivity contribution in [2.24, 2.45) is 4.99 Å². The van der Waals surface area contributed by atoms with Crippen LogP contribution in [0, 0.1) is 0 Å². The van der Waals surface area contributed by atoms with Crippen LogP contribution in [0.3, 0.4) is 0 Å². The summed E-state index contributed by atoms with van der Waals surface area (Å²) < 4.78 is 17.0. The molecule has 2 aromatic carbocycles. The number of amides is 1. The third-order valence-corrected chi connectivity index (χ3v) is 5.92. The van der Waals surface area contributed by atoms with E-state index in [-0.39, 0.29) is 5.91 Å². The average molecular weight is 477 g/mol. The van der Waals surface area contributed by atoms with Gasteiger partial charge in [-0.3, -0.25) is 9.69 Å². The number of carbonyl (C=O) groups excluding carboxylic acids is 1. The number of rotatable bonds is 6. The van der Waals surface area contributed by atoms with Gasteiger partial charge in [0.05, 0.1) is 31.4 Å². The van der Waals surface area contributed by atoms with E-state index in [1.54, 1.807) is 26.2 Å². The van der Waals surface area contributed by atoms with E-state index in [2.05, 4.69) is 20.9 Å². The van der Waals surface area contributed by atoms with Gasteiger partial charge in [-0.15, -0.1) is 0 Å². The Morgan fingerprint density at radius 1 is 1.14 bits per heavy atom. The molecule has 0 aromatic heterocycles. The van der Waals surface area contributed by atoms with Crippen LogP contribution in [0.1, 0.15) is 12.5 Å². The molecule has 0 bridgehead atoms. The number of amidine groups is 1. The Labute approximate surface area is 182 Å². The number of hydrogen-bond donors (Lipinski definition) is 0. The Kier molecular flexibility index (Phi) is 6.87. The molecule has 1 aliphatic heterocycles. The van der Waals surface area contributed by atoms with Crippen LogP contribution in [0.5, 0.6) is 17.2 Å². The highest BCUT2D eigenvalue weighted by atomic mass is 79.9. The minimum atomic E-state index is -0.109. The van der Waals surface area contributed by atoms with Crippen molar-refractivity contribution < 1.29 is 19.0 Å². The molecule has 0 unspecified atom stereocenters. The standard InChI is InChI=1S/C21H21BrN2O4S/c1-5-28-18-12-16(22)13(10-17(18)27-4)11-19-20(25)24(2)21(29-19)23-14-6-8-15(26-3)9-7-14/h6-12H,5H2,1-4H3. The predicted octanol–water partition coefficient (Wildman–Crippen LogP) is 5.10. The number of ether oxygens (including phenoxy) is 3. The molecule has 2 aromatic rings. The first-order chi connectivity index (χ1) is 14.0. The van der Waals surface area contributed by atoms with Crippen LogP contribution in [0.4, 0.5) is 5.69 Å². The number of hydrogen-bond acceptors (Lipinski definition) is 6. The molecule has 0 saturated carbocycles. The van der Waals surface area contributed by atoms with Gasteiger partial charge in [0, 0.05) is 11.5 Å². The summed E-state index contributed by atoms with van der Waals surface area (Å²) in [6, 6.07) is 11.0. The monoisotopic (exact) mass is 476 g/mol. The van der Waals surface area contributed by atoms with E-state index >= 15 is 0 Å². The summed E-state index contributed by atoms with van der Waals surface area (Å²) in [5.41, 5.74) is 1.57. The van der Waals surface area contributed by atoms with Gasteiger partial charge in [-0.25, -0.2) is 4.99 Å². The number of aliphatic imine (C=N–C) groups is 1. The Bertz CT molecular complexity index is 973. The lowest BCUT2D eigenvalue weighted by Gasteiger charge is -2.11. The van der Waals surface area contributed by atoms with Crippen molar-refractivity contribution in [3.63, 3.8) is 0 Å². The fourth-order valence-corrected chi connectivity index (χ4v) is 4.06. The van der Waals surface area contributed by atoms with Crippen molar-refractivity contribution in [2.45, 2.75) is 6.92 Å². The lowest BCUT2D eigenvalue weighted by molar-refractivity contribution is -0.121. The average Bonchev–Trinajstić information content (AvgIpc) is 2.98. The Morgan fingerprint density at radius 3 is 2.48 bits per heavy atom. The molecule has 1 amide bonds. The van der Waals surface area contributed by atoms with E-state index < -0.39 is 0 Å². The van der Waals surface area contributed by atoms with Crippen LogP contribution >= 0.6 is 27.7 Å². The van der Waals surface area contributed by atoms with E-state index in [1.165, 1.54) is 11.8 Å². The van der Waals surface area contributed by atoms with Crippen LogP contribution < -0.4 is 14.2 Å². The van der Waals surface area contributed by atoms with Gasteiger partial charge >= 0.3 is 0 Å². The van der Waals surface area contributed by atoms with Crippen molar-refractivity contribution in [1.29, 1.82) is 0 Å². The zero-order valence-electron chi connectivity index (χ0n) is 16.6. The summed E-state index contributed by atoms with van der Waals surface area (Å²) in [7, 11) is 4.92. The highest BCUT2D eigenvalue weighted by Gasteiger charge is 2.30. The summed E-state index contributed by atoms with van der Waals surface area (Å²) in [4.78, 5) is 19.4. The zero-order chi connectivity index (χ0) is 21.0. The maximum atomic E-state index is 12.7. The van der Waals surface area contributed by atoms with Gasteiger partial charge < -0.3 is 14.2 Å². The van der Waals surface area contributed by atoms with Crippen LogP contribution in [0.2, 0.25) is 0 Å². The summed E-state index contributed by atoms with van der Waals surface area (Å²) in [6.07, 6.45) is 1.82. The number of halogens is 1. The maximum absolute atomic E-state index is 12.7. The fraction of sp³-hybridized carbons (Fsp3) is 0.238. The van der Waals surface area contributed by atoms with E-state index in [0.717, 1.165) is 21.5 Å². The molecule has 1 heterocycles. The van der Waals surface area contributed by atoms with Gasteiger partial charge in [-0.1, -0.05) is 15.9 Å². The molecule has 3 rings (SSSR count). The van der Waals surface area contributed by atoms with E-state index in [4.69, 9.17) is 14.2 Å². The third kappa shape index (κ3) is 4.76. The number of methoxy groups -OCH3 is 2. The largest absolute Gasteiger partial charge is 0.497 e. The first-order valence-electron chi connectivity index (χ1n) is 8.87. The van der Waals surface area contributed by atoms with Crippen molar-refractivity contribution in [1.82, 2.24) is 4.90 Å². The summed E-state index contributed by atoms with van der Waals surface area (Å²) in [5, 5.41) is 0.612. The molecule has 152 valence electrons. The number of nitrogens with zero attached hydrogens (tertiary/aromatic N) is 2. The lowest BCUT2D eigenvalue weighted by Crippen LogP contribution is -2.23. The second-order valence-electron chi connectivity index (χ2n) is 6.02. The molecule has 1 fully saturated rings. The van der Waals surface area contributed by atoms with Gasteiger partial charge in [0.2, 0.25) is 0 Å². The molecule has 8 heteroatoms. The van der Waals surface area contributed by atoms with Crippen molar-refractivity contribution in [3.05, 3.63) is 51.3 Å². The molecule has 0 atom stereocenters. The predicted molar refractivity (Wildman–Crippen MR) is 120 cm³/mol. The van der Waals surface area contributed by atoms with Gasteiger partial charge in [0.15, 0.2) is 16.7 Å². The molecule has 1 saturated heterocycles. The number of benzene rings is 2. The minimum absolute atomic E-state index is 0.109. The number of carbonyl (C=O) groups is 1. The summed E-state index contributed by atoms with van der Waals surface area (Å²) in [5.74, 6) is 1.90. The quantitative estimate of drug-likeness (QED) is 0.542. The van der Waals surface area contributed by atoms with Crippen LogP contribution in [0.25, 0.3) is 6.08 Å². The van der Waals surface area contributed by atoms with E-state index in [0.29, 0.717) is 28.2 Å². The minimum Gasteiger partial charge on any atom is -0.497 e. The highest BCUT2D eigenvalue weighted by molar-refractivity contribution is 9.10. The van der Waals surface area contributed by atoms with Crippen LogP contribution in [-0.4, -0.2) is 43.8 Å². The van der Waals surface area contributed by atoms with Crippen LogP contribution in [-0.2, 0) is 4.79 Å². The molecule has 6 nitrogen and oxygen atoms in total. The van der Waals surface area contributed by atoms with Gasteiger partial charge in [0.1, 0.15) is 5.75 Å². The molecule has 0 aliphatic carbocycles. The second-order valence-corrected chi connectivity index (χ2v) is 7.89. The molecule has 0 N–H and O–H groups in total. The Morgan fingerprint density at radius 2 is 1.86 bits per heavy atom. The fourth-order valence-electron chi connectivity index (χ4n) is 2.65. The smallest absolute Gasteiger partial charge is 0.266 e. The van der Waals surface area contributed by atoms with Gasteiger partial charge in [-0.05, 0) is 66.7 Å². The molecule has 29 heavy (non-hydrogen) atoms. The zero-order valence-corrected chi connectivity index (χ0v) is 19.0. The van der Waals surface area contributed by atoms with Crippen molar-refractivity contribution in [3.8, 4) is 17.2 Å². The third-order valence-electron chi connectivity index (χ3n) is 4.17. The molecule has 1 aliphatic rings. The SMILES string of the molecule is CCOc1cc(Br)c(C=C2SC(=Nc3ccc(OC)cc3)N(C)C2=O)cc1OC. The molecular weight excluding hydrogens is 456 g/mol. The first-order valence-corrected chi connectivity index (χ1v) is 10.5. The van der Waals surface area contributed by atoms with Gasteiger partial charge in [0.25, 0.3) is 5.91 Å². The summed E-state index contributed by atoms with van der Waals surface area (Å²) >= 11 is 4.88. The Balaban J connectivity index is 1.90. The van der Waals surface area contributed by atoms with Gasteiger partial charge in [-0.2, -0.15) is 0 Å². The number of likely N-dealkylation sites (N-methyl/N-ethyl adjacent to an activating group) is 1. The molecule has 0 radical (unpaired) electrons. The van der Waals surface area contributed by atoms with E-state index in [9.17, 15) is 4.79 Å². The second kappa shape index (κ2) is 9.37. The lowest BCUT2D eigenvalue weighted by atomic mass is 10.2. The summed E-state index contributed by atoms with van der Waals surface area (Å²) in [6.45, 7) is 2.45.